The third kappa shape index (κ3) is 27.8. The highest BCUT2D eigenvalue weighted by Gasteiger charge is 1.99. The van der Waals surface area contributed by atoms with E-state index in [4.69, 9.17) is 23.2 Å². The fourth-order valence-electron chi connectivity index (χ4n) is 6.71. The Kier molecular flexibility index (Phi) is 29.5. The molecule has 0 aromatic heterocycles. The number of hydrogen-bond acceptors (Lipinski definition) is 1. The second kappa shape index (κ2) is 32.6. The molecule has 0 spiro atoms. The van der Waals surface area contributed by atoms with Crippen molar-refractivity contribution in [2.45, 2.75) is 193 Å². The van der Waals surface area contributed by atoms with Crippen molar-refractivity contribution in [3.63, 3.8) is 0 Å². The van der Waals surface area contributed by atoms with E-state index >= 15 is 0 Å². The van der Waals surface area contributed by atoms with Crippen LogP contribution in [0.25, 0.3) is 0 Å². The number of unbranched alkanes of at least 4 members (excludes halogenated alkanes) is 26. The molecule has 0 unspecified atom stereocenters. The van der Waals surface area contributed by atoms with Crippen LogP contribution in [-0.4, -0.2) is 11.5 Å². The van der Waals surface area contributed by atoms with Gasteiger partial charge in [-0.15, -0.1) is 0 Å². The van der Waals surface area contributed by atoms with Crippen molar-refractivity contribution < 1.29 is 0 Å². The SMILES string of the molecule is Clc1ccc(CCCCCCCCCCCCCCCCSCCCCCCCCCCCCCCCCc2ccc(Cl)cc2)cc1. The van der Waals surface area contributed by atoms with Gasteiger partial charge in [-0.3, -0.25) is 0 Å². The van der Waals surface area contributed by atoms with E-state index in [1.165, 1.54) is 215 Å². The molecule has 0 bridgehead atoms. The molecule has 0 saturated carbocycles. The highest BCUT2D eigenvalue weighted by Crippen LogP contribution is 2.18. The molecular weight excluding hydrogens is 631 g/mol. The van der Waals surface area contributed by atoms with Gasteiger partial charge in [-0.2, -0.15) is 11.8 Å². The van der Waals surface area contributed by atoms with Crippen LogP contribution in [0.1, 0.15) is 191 Å². The fraction of sp³-hybridized carbons (Fsp3) is 0.727. The minimum atomic E-state index is 0.844. The first kappa shape index (κ1) is 42.5. The molecule has 47 heavy (non-hydrogen) atoms. The van der Waals surface area contributed by atoms with Crippen LogP contribution < -0.4 is 0 Å². The molecule has 0 aliphatic heterocycles. The molecule has 0 N–H and O–H groups in total. The van der Waals surface area contributed by atoms with E-state index in [-0.39, 0.29) is 0 Å². The molecule has 0 saturated heterocycles. The number of thioether (sulfide) groups is 1. The molecule has 0 aliphatic carbocycles. The molecule has 268 valence electrons. The van der Waals surface area contributed by atoms with Crippen LogP contribution in [0.5, 0.6) is 0 Å². The predicted molar refractivity (Wildman–Crippen MR) is 217 cm³/mol. The number of benzene rings is 2. The number of aryl methyl sites for hydroxylation is 2. The van der Waals surface area contributed by atoms with E-state index in [0.717, 1.165) is 10.0 Å². The van der Waals surface area contributed by atoms with Crippen molar-refractivity contribution in [3.8, 4) is 0 Å². The van der Waals surface area contributed by atoms with E-state index in [0.29, 0.717) is 0 Å². The van der Waals surface area contributed by atoms with E-state index in [9.17, 15) is 0 Å². The number of rotatable bonds is 34. The summed E-state index contributed by atoms with van der Waals surface area (Å²) in [7, 11) is 0. The third-order valence-electron chi connectivity index (χ3n) is 9.83. The summed E-state index contributed by atoms with van der Waals surface area (Å²) >= 11 is 14.1. The number of halogens is 2. The summed E-state index contributed by atoms with van der Waals surface area (Å²) in [6.07, 6.45) is 42.5. The molecule has 2 aromatic rings. The van der Waals surface area contributed by atoms with E-state index in [2.05, 4.69) is 36.0 Å². The van der Waals surface area contributed by atoms with E-state index < -0.39 is 0 Å². The van der Waals surface area contributed by atoms with Crippen LogP contribution in [0.4, 0.5) is 0 Å². The Hall–Kier alpha value is -0.630. The largest absolute Gasteiger partial charge is 0.162 e. The van der Waals surface area contributed by atoms with Gasteiger partial charge < -0.3 is 0 Å². The lowest BCUT2D eigenvalue weighted by molar-refractivity contribution is 0.535. The quantitative estimate of drug-likeness (QED) is 0.0654. The van der Waals surface area contributed by atoms with Crippen LogP contribution in [0.15, 0.2) is 48.5 Å². The van der Waals surface area contributed by atoms with Gasteiger partial charge in [-0.05, 0) is 85.4 Å². The summed E-state index contributed by atoms with van der Waals surface area (Å²) in [4.78, 5) is 0. The van der Waals surface area contributed by atoms with Crippen LogP contribution >= 0.6 is 35.0 Å². The van der Waals surface area contributed by atoms with Crippen molar-refractivity contribution >= 4 is 35.0 Å². The van der Waals surface area contributed by atoms with Crippen molar-refractivity contribution in [2.24, 2.45) is 0 Å². The van der Waals surface area contributed by atoms with Crippen molar-refractivity contribution in [3.05, 3.63) is 69.7 Å². The van der Waals surface area contributed by atoms with Crippen LogP contribution in [0.2, 0.25) is 10.0 Å². The zero-order chi connectivity index (χ0) is 33.3. The minimum Gasteiger partial charge on any atom is -0.162 e. The van der Waals surface area contributed by atoms with Crippen molar-refractivity contribution in [1.29, 1.82) is 0 Å². The van der Waals surface area contributed by atoms with Gasteiger partial charge in [0.2, 0.25) is 0 Å². The molecule has 2 rings (SSSR count). The van der Waals surface area contributed by atoms with E-state index in [1.807, 2.05) is 24.3 Å². The molecule has 0 fully saturated rings. The van der Waals surface area contributed by atoms with Gasteiger partial charge in [0.15, 0.2) is 0 Å². The second-order valence-corrected chi connectivity index (χ2v) is 16.4. The monoisotopic (exact) mass is 702 g/mol. The predicted octanol–water partition coefficient (Wildman–Crippen LogP) is 16.4. The average molecular weight is 704 g/mol. The number of hydrogen-bond donors (Lipinski definition) is 0. The van der Waals surface area contributed by atoms with E-state index in [1.54, 1.807) is 0 Å². The topological polar surface area (TPSA) is 0 Å². The van der Waals surface area contributed by atoms with Crippen molar-refractivity contribution in [2.75, 3.05) is 11.5 Å². The summed E-state index contributed by atoms with van der Waals surface area (Å²) < 4.78 is 0. The Morgan fingerprint density at radius 1 is 0.277 bits per heavy atom. The Labute approximate surface area is 307 Å². The smallest absolute Gasteiger partial charge is 0.0406 e. The van der Waals surface area contributed by atoms with Gasteiger partial charge in [-0.25, -0.2) is 0 Å². The Bertz CT molecular complexity index is 834. The average Bonchev–Trinajstić information content (AvgIpc) is 3.08. The van der Waals surface area contributed by atoms with Crippen LogP contribution in [0, 0.1) is 0 Å². The summed E-state index contributed by atoms with van der Waals surface area (Å²) in [5, 5.41) is 1.69. The Morgan fingerprint density at radius 3 is 0.745 bits per heavy atom. The normalized spacial score (nSPS) is 11.4. The maximum atomic E-state index is 5.97. The minimum absolute atomic E-state index is 0.844. The summed E-state index contributed by atoms with van der Waals surface area (Å²) in [5.74, 6) is 2.79. The van der Waals surface area contributed by atoms with Crippen molar-refractivity contribution in [1.82, 2.24) is 0 Å². The standard InChI is InChI=1S/C44H72Cl2S/c45-43-35-31-41(32-36-43)29-25-21-17-13-9-5-1-3-7-11-15-19-23-27-39-47-40-28-24-20-16-12-8-4-2-6-10-14-18-22-26-30-42-33-37-44(46)38-34-42/h31-38H,1-30,39-40H2. The molecule has 0 aliphatic rings. The highest BCUT2D eigenvalue weighted by molar-refractivity contribution is 7.99. The molecule has 0 amide bonds. The molecule has 0 atom stereocenters. The Balaban J connectivity index is 1.15. The molecular formula is C44H72Cl2S. The summed E-state index contributed by atoms with van der Waals surface area (Å²) in [5.41, 5.74) is 2.85. The zero-order valence-electron chi connectivity index (χ0n) is 30.4. The first-order valence-electron chi connectivity index (χ1n) is 20.3. The summed E-state index contributed by atoms with van der Waals surface area (Å²) in [6, 6.07) is 16.7. The lowest BCUT2D eigenvalue weighted by atomic mass is 10.0. The van der Waals surface area contributed by atoms with Gasteiger partial charge in [0.05, 0.1) is 0 Å². The zero-order valence-corrected chi connectivity index (χ0v) is 32.7. The molecule has 2 aromatic carbocycles. The highest BCUT2D eigenvalue weighted by atomic mass is 35.5. The first-order chi connectivity index (χ1) is 23.2. The van der Waals surface area contributed by atoms with Gasteiger partial charge in [0.1, 0.15) is 0 Å². The van der Waals surface area contributed by atoms with Crippen LogP contribution in [0.3, 0.4) is 0 Å². The summed E-state index contributed by atoms with van der Waals surface area (Å²) in [6.45, 7) is 0. The molecule has 0 heterocycles. The molecule has 0 radical (unpaired) electrons. The maximum absolute atomic E-state index is 5.97. The Morgan fingerprint density at radius 2 is 0.489 bits per heavy atom. The lowest BCUT2D eigenvalue weighted by Crippen LogP contribution is -1.87. The van der Waals surface area contributed by atoms with Crippen LogP contribution in [-0.2, 0) is 12.8 Å². The molecule has 3 heteroatoms. The lowest BCUT2D eigenvalue weighted by Gasteiger charge is -2.05. The molecule has 0 nitrogen and oxygen atoms in total. The van der Waals surface area contributed by atoms with Gasteiger partial charge in [0, 0.05) is 10.0 Å². The third-order valence-corrected chi connectivity index (χ3v) is 11.5. The second-order valence-electron chi connectivity index (χ2n) is 14.3. The van der Waals surface area contributed by atoms with Gasteiger partial charge >= 0.3 is 0 Å². The fourth-order valence-corrected chi connectivity index (χ4v) is 7.99. The first-order valence-corrected chi connectivity index (χ1v) is 22.2. The maximum Gasteiger partial charge on any atom is 0.0406 e. The van der Waals surface area contributed by atoms with Gasteiger partial charge in [0.25, 0.3) is 0 Å². The van der Waals surface area contributed by atoms with Gasteiger partial charge in [-0.1, -0.05) is 202 Å².